The van der Waals surface area contributed by atoms with Crippen molar-refractivity contribution in [3.8, 4) is 11.4 Å². The molecule has 0 aliphatic heterocycles. The summed E-state index contributed by atoms with van der Waals surface area (Å²) in [5, 5.41) is 3.58. The van der Waals surface area contributed by atoms with Crippen LogP contribution in [0.15, 0.2) is 42.7 Å². The lowest BCUT2D eigenvalue weighted by atomic mass is 10.0. The summed E-state index contributed by atoms with van der Waals surface area (Å²) < 4.78 is 2.20. The van der Waals surface area contributed by atoms with Crippen LogP contribution in [0.4, 0.5) is 0 Å². The Morgan fingerprint density at radius 3 is 2.63 bits per heavy atom. The van der Waals surface area contributed by atoms with Crippen LogP contribution in [0, 0.1) is 0 Å². The maximum absolute atomic E-state index is 4.46. The first-order valence-electron chi connectivity index (χ1n) is 6.94. The van der Waals surface area contributed by atoms with Crippen molar-refractivity contribution in [1.29, 1.82) is 0 Å². The minimum Gasteiger partial charge on any atom is -0.330 e. The molecule has 0 atom stereocenters. The number of imidazole rings is 1. The van der Waals surface area contributed by atoms with E-state index in [0.29, 0.717) is 0 Å². The first-order valence-corrected chi connectivity index (χ1v) is 6.94. The molecule has 1 aromatic heterocycles. The van der Waals surface area contributed by atoms with E-state index in [1.54, 1.807) is 0 Å². The zero-order chi connectivity index (χ0) is 13.7. The second-order valence-corrected chi connectivity index (χ2v) is 5.47. The minimum atomic E-state index is 0.202. The topological polar surface area (TPSA) is 29.9 Å². The molecular weight excluding hydrogens is 234 g/mol. The lowest BCUT2D eigenvalue weighted by Crippen LogP contribution is -2.40. The van der Waals surface area contributed by atoms with Gasteiger partial charge in [0, 0.05) is 36.6 Å². The van der Waals surface area contributed by atoms with Gasteiger partial charge in [-0.05, 0) is 20.3 Å². The summed E-state index contributed by atoms with van der Waals surface area (Å²) in [4.78, 5) is 4.46. The summed E-state index contributed by atoms with van der Waals surface area (Å²) >= 11 is 0. The third-order valence-corrected chi connectivity index (χ3v) is 3.59. The molecule has 0 fully saturated rings. The highest BCUT2D eigenvalue weighted by atomic mass is 15.1. The van der Waals surface area contributed by atoms with E-state index in [1.165, 1.54) is 5.56 Å². The van der Waals surface area contributed by atoms with E-state index in [1.807, 2.05) is 30.6 Å². The summed E-state index contributed by atoms with van der Waals surface area (Å²) in [5.74, 6) is 1.04. The largest absolute Gasteiger partial charge is 0.330 e. The van der Waals surface area contributed by atoms with Crippen LogP contribution >= 0.6 is 0 Å². The molecule has 102 valence electrons. The third kappa shape index (κ3) is 3.67. The van der Waals surface area contributed by atoms with Crippen LogP contribution in [0.3, 0.4) is 0 Å². The van der Waals surface area contributed by atoms with Crippen molar-refractivity contribution >= 4 is 0 Å². The second-order valence-electron chi connectivity index (χ2n) is 5.47. The summed E-state index contributed by atoms with van der Waals surface area (Å²) in [5.41, 5.74) is 1.37. The molecule has 3 nitrogen and oxygen atoms in total. The highest BCUT2D eigenvalue weighted by Gasteiger charge is 2.13. The van der Waals surface area contributed by atoms with Crippen LogP contribution in [-0.2, 0) is 6.54 Å². The van der Waals surface area contributed by atoms with E-state index < -0.39 is 0 Å². The lowest BCUT2D eigenvalue weighted by Gasteiger charge is -2.24. The Bertz CT molecular complexity index is 500. The normalized spacial score (nSPS) is 11.7. The number of hydrogen-bond acceptors (Lipinski definition) is 2. The zero-order valence-electron chi connectivity index (χ0n) is 12.1. The Labute approximate surface area is 115 Å². The fourth-order valence-corrected chi connectivity index (χ4v) is 1.98. The van der Waals surface area contributed by atoms with E-state index in [2.05, 4.69) is 47.8 Å². The molecule has 1 N–H and O–H groups in total. The van der Waals surface area contributed by atoms with Crippen molar-refractivity contribution in [2.75, 3.05) is 6.54 Å². The van der Waals surface area contributed by atoms with Gasteiger partial charge in [-0.25, -0.2) is 4.98 Å². The average Bonchev–Trinajstić information content (AvgIpc) is 2.88. The van der Waals surface area contributed by atoms with Gasteiger partial charge in [-0.1, -0.05) is 37.3 Å². The van der Waals surface area contributed by atoms with Gasteiger partial charge in [0.2, 0.25) is 0 Å². The number of benzene rings is 1. The molecule has 0 amide bonds. The summed E-state index contributed by atoms with van der Waals surface area (Å²) in [6, 6.07) is 10.3. The summed E-state index contributed by atoms with van der Waals surface area (Å²) in [6.45, 7) is 8.57. The van der Waals surface area contributed by atoms with Crippen molar-refractivity contribution in [3.63, 3.8) is 0 Å². The molecule has 0 saturated carbocycles. The van der Waals surface area contributed by atoms with Crippen molar-refractivity contribution in [2.24, 2.45) is 0 Å². The molecule has 0 saturated heterocycles. The van der Waals surface area contributed by atoms with Crippen molar-refractivity contribution < 1.29 is 0 Å². The fraction of sp³-hybridized carbons (Fsp3) is 0.438. The molecule has 0 bridgehead atoms. The zero-order valence-corrected chi connectivity index (χ0v) is 12.1. The molecular formula is C16H23N3. The fourth-order valence-electron chi connectivity index (χ4n) is 1.98. The van der Waals surface area contributed by atoms with Crippen LogP contribution in [0.5, 0.6) is 0 Å². The third-order valence-electron chi connectivity index (χ3n) is 3.59. The Balaban J connectivity index is 2.01. The van der Waals surface area contributed by atoms with E-state index in [4.69, 9.17) is 0 Å². The Morgan fingerprint density at radius 2 is 1.95 bits per heavy atom. The van der Waals surface area contributed by atoms with Crippen LogP contribution < -0.4 is 5.32 Å². The molecule has 0 unspecified atom stereocenters. The van der Waals surface area contributed by atoms with Gasteiger partial charge in [-0.2, -0.15) is 0 Å². The molecule has 1 heterocycles. The predicted molar refractivity (Wildman–Crippen MR) is 80.0 cm³/mol. The predicted octanol–water partition coefficient (Wildman–Crippen LogP) is 3.33. The SMILES string of the molecule is CCC(C)(C)NCCn1ccnc1-c1ccccc1. The Hall–Kier alpha value is -1.61. The standard InChI is InChI=1S/C16H23N3/c1-4-16(2,3)18-11-13-19-12-10-17-15(19)14-8-6-5-7-9-14/h5-10,12,18H,4,11,13H2,1-3H3. The molecule has 2 aromatic rings. The molecule has 3 heteroatoms. The average molecular weight is 257 g/mol. The monoisotopic (exact) mass is 257 g/mol. The summed E-state index contributed by atoms with van der Waals surface area (Å²) in [6.07, 6.45) is 5.04. The second kappa shape index (κ2) is 6.02. The number of rotatable bonds is 6. The van der Waals surface area contributed by atoms with E-state index in [0.717, 1.165) is 25.3 Å². The molecule has 0 aliphatic carbocycles. The van der Waals surface area contributed by atoms with Gasteiger partial charge in [-0.15, -0.1) is 0 Å². The van der Waals surface area contributed by atoms with Gasteiger partial charge in [0.15, 0.2) is 0 Å². The van der Waals surface area contributed by atoms with Crippen molar-refractivity contribution in [3.05, 3.63) is 42.7 Å². The van der Waals surface area contributed by atoms with Crippen LogP contribution in [0.2, 0.25) is 0 Å². The maximum atomic E-state index is 4.46. The molecule has 19 heavy (non-hydrogen) atoms. The van der Waals surface area contributed by atoms with E-state index in [-0.39, 0.29) is 5.54 Å². The van der Waals surface area contributed by atoms with Crippen LogP contribution in [0.1, 0.15) is 27.2 Å². The highest BCUT2D eigenvalue weighted by molar-refractivity contribution is 5.55. The van der Waals surface area contributed by atoms with Crippen molar-refractivity contribution in [2.45, 2.75) is 39.3 Å². The smallest absolute Gasteiger partial charge is 0.139 e. The maximum Gasteiger partial charge on any atom is 0.139 e. The van der Waals surface area contributed by atoms with Gasteiger partial charge in [0.1, 0.15) is 5.82 Å². The number of nitrogens with zero attached hydrogens (tertiary/aromatic N) is 2. The van der Waals surface area contributed by atoms with Gasteiger partial charge in [0.25, 0.3) is 0 Å². The minimum absolute atomic E-state index is 0.202. The molecule has 2 rings (SSSR count). The highest BCUT2D eigenvalue weighted by Crippen LogP contribution is 2.16. The number of hydrogen-bond donors (Lipinski definition) is 1. The van der Waals surface area contributed by atoms with Crippen LogP contribution in [0.25, 0.3) is 11.4 Å². The first-order chi connectivity index (χ1) is 9.12. The Kier molecular flexibility index (Phi) is 4.38. The molecule has 0 radical (unpaired) electrons. The van der Waals surface area contributed by atoms with Crippen molar-refractivity contribution in [1.82, 2.24) is 14.9 Å². The quantitative estimate of drug-likeness (QED) is 0.860. The molecule has 0 spiro atoms. The van der Waals surface area contributed by atoms with Gasteiger partial charge < -0.3 is 9.88 Å². The molecule has 1 aromatic carbocycles. The van der Waals surface area contributed by atoms with Gasteiger partial charge in [0.05, 0.1) is 0 Å². The van der Waals surface area contributed by atoms with Gasteiger partial charge in [-0.3, -0.25) is 0 Å². The Morgan fingerprint density at radius 1 is 1.21 bits per heavy atom. The van der Waals surface area contributed by atoms with E-state index in [9.17, 15) is 0 Å². The lowest BCUT2D eigenvalue weighted by molar-refractivity contribution is 0.368. The number of nitrogens with one attached hydrogen (secondary N) is 1. The van der Waals surface area contributed by atoms with Crippen LogP contribution in [-0.4, -0.2) is 21.6 Å². The number of aromatic nitrogens is 2. The first kappa shape index (κ1) is 13.8. The van der Waals surface area contributed by atoms with E-state index >= 15 is 0 Å². The summed E-state index contributed by atoms with van der Waals surface area (Å²) in [7, 11) is 0. The molecule has 0 aliphatic rings. The van der Waals surface area contributed by atoms with Gasteiger partial charge >= 0.3 is 0 Å².